The number of aromatic nitrogens is 3. The molecule has 4 rings (SSSR count). The number of fused-ring (bicyclic) bond motifs is 1. The second kappa shape index (κ2) is 7.42. The van der Waals surface area contributed by atoms with Gasteiger partial charge < -0.3 is 5.11 Å². The quantitative estimate of drug-likeness (QED) is 0.467. The number of aliphatic hydroxyl groups excluding tert-OH is 1. The lowest BCUT2D eigenvalue weighted by molar-refractivity contribution is 0.282. The molecular weight excluding hydrogens is 433 g/mol. The first kappa shape index (κ1) is 19.8. The molecule has 0 amide bonds. The Labute approximate surface area is 177 Å². The summed E-state index contributed by atoms with van der Waals surface area (Å²) in [6, 6.07) is 11.6. The average Bonchev–Trinajstić information content (AvgIpc) is 3.09. The molecule has 0 bridgehead atoms. The topological polar surface area (TPSA) is 85.1 Å². The van der Waals surface area contributed by atoms with Gasteiger partial charge in [-0.25, -0.2) is 22.4 Å². The first-order chi connectivity index (χ1) is 13.8. The van der Waals surface area contributed by atoms with Crippen LogP contribution in [0.1, 0.15) is 11.1 Å². The molecule has 0 spiro atoms. The molecule has 148 valence electrons. The molecular formula is C20H15Cl2N3O3S. The van der Waals surface area contributed by atoms with Gasteiger partial charge in [-0.05, 0) is 42.3 Å². The second-order valence-corrected chi connectivity index (χ2v) is 9.06. The van der Waals surface area contributed by atoms with Crippen molar-refractivity contribution in [2.45, 2.75) is 18.4 Å². The summed E-state index contributed by atoms with van der Waals surface area (Å²) in [5, 5.41) is 10.4. The maximum absolute atomic E-state index is 13.4. The van der Waals surface area contributed by atoms with Gasteiger partial charge in [-0.3, -0.25) is 0 Å². The molecule has 1 N–H and O–H groups in total. The zero-order valence-corrected chi connectivity index (χ0v) is 17.5. The minimum atomic E-state index is -3.90. The zero-order valence-electron chi connectivity index (χ0n) is 15.2. The van der Waals surface area contributed by atoms with Crippen molar-refractivity contribution in [3.63, 3.8) is 0 Å². The number of nitrogens with zero attached hydrogens (tertiary/aromatic N) is 3. The van der Waals surface area contributed by atoms with Crippen molar-refractivity contribution in [1.82, 2.24) is 13.9 Å². The van der Waals surface area contributed by atoms with Crippen LogP contribution in [0.25, 0.3) is 22.2 Å². The van der Waals surface area contributed by atoms with Crippen molar-refractivity contribution >= 4 is 44.1 Å². The molecule has 6 nitrogen and oxygen atoms in total. The molecule has 0 unspecified atom stereocenters. The molecule has 2 aromatic heterocycles. The van der Waals surface area contributed by atoms with Gasteiger partial charge in [0.25, 0.3) is 10.0 Å². The van der Waals surface area contributed by atoms with Crippen LogP contribution in [0.2, 0.25) is 10.3 Å². The van der Waals surface area contributed by atoms with Gasteiger partial charge in [0.05, 0.1) is 33.9 Å². The average molecular weight is 448 g/mol. The predicted octanol–water partition coefficient (Wildman–Crippen LogP) is 4.44. The van der Waals surface area contributed by atoms with E-state index in [-0.39, 0.29) is 21.8 Å². The van der Waals surface area contributed by atoms with Crippen LogP contribution in [-0.4, -0.2) is 27.5 Å². The molecule has 0 aliphatic carbocycles. The van der Waals surface area contributed by atoms with Gasteiger partial charge in [-0.1, -0.05) is 41.4 Å². The first-order valence-electron chi connectivity index (χ1n) is 8.57. The third-order valence-corrected chi connectivity index (χ3v) is 6.71. The van der Waals surface area contributed by atoms with Crippen LogP contribution < -0.4 is 0 Å². The van der Waals surface area contributed by atoms with Gasteiger partial charge in [-0.2, -0.15) is 0 Å². The van der Waals surface area contributed by atoms with Crippen molar-refractivity contribution in [2.24, 2.45) is 0 Å². The van der Waals surface area contributed by atoms with E-state index in [1.165, 1.54) is 16.4 Å². The number of hydrogen-bond donors (Lipinski definition) is 1. The van der Waals surface area contributed by atoms with Gasteiger partial charge in [-0.15, -0.1) is 0 Å². The molecule has 29 heavy (non-hydrogen) atoms. The number of aryl methyl sites for hydroxylation is 1. The summed E-state index contributed by atoms with van der Waals surface area (Å²) >= 11 is 12.2. The van der Waals surface area contributed by atoms with E-state index in [1.54, 1.807) is 42.5 Å². The Bertz CT molecular complexity index is 1330. The largest absolute Gasteiger partial charge is 0.392 e. The van der Waals surface area contributed by atoms with Crippen molar-refractivity contribution < 1.29 is 13.5 Å². The van der Waals surface area contributed by atoms with Crippen molar-refractivity contribution in [2.75, 3.05) is 0 Å². The fourth-order valence-corrected chi connectivity index (χ4v) is 4.78. The molecule has 0 atom stereocenters. The van der Waals surface area contributed by atoms with E-state index in [1.807, 2.05) is 6.92 Å². The van der Waals surface area contributed by atoms with E-state index >= 15 is 0 Å². The summed E-state index contributed by atoms with van der Waals surface area (Å²) in [6.45, 7) is 1.66. The van der Waals surface area contributed by atoms with Crippen molar-refractivity contribution in [3.05, 3.63) is 76.3 Å². The van der Waals surface area contributed by atoms with Crippen LogP contribution in [-0.2, 0) is 16.6 Å². The van der Waals surface area contributed by atoms with Gasteiger partial charge >= 0.3 is 0 Å². The van der Waals surface area contributed by atoms with Crippen molar-refractivity contribution in [1.29, 1.82) is 0 Å². The third kappa shape index (κ3) is 3.51. The monoisotopic (exact) mass is 447 g/mol. The summed E-state index contributed by atoms with van der Waals surface area (Å²) in [5.41, 5.74) is 2.75. The fourth-order valence-electron chi connectivity index (χ4n) is 3.09. The van der Waals surface area contributed by atoms with E-state index < -0.39 is 10.0 Å². The van der Waals surface area contributed by atoms with Crippen LogP contribution >= 0.6 is 23.2 Å². The highest BCUT2D eigenvalue weighted by atomic mass is 35.5. The SMILES string of the molecule is Cc1ccc(S(=O)(=O)n2cc(-c3nc(Cl)ncc3Cl)c3ccc(CO)cc32)cc1. The highest BCUT2D eigenvalue weighted by Gasteiger charge is 2.23. The van der Waals surface area contributed by atoms with Gasteiger partial charge in [0.1, 0.15) is 0 Å². The number of hydrogen-bond acceptors (Lipinski definition) is 5. The van der Waals surface area contributed by atoms with E-state index in [9.17, 15) is 13.5 Å². The molecule has 0 radical (unpaired) electrons. The minimum Gasteiger partial charge on any atom is -0.392 e. The Kier molecular flexibility index (Phi) is 5.08. The van der Waals surface area contributed by atoms with E-state index in [2.05, 4.69) is 9.97 Å². The predicted molar refractivity (Wildman–Crippen MR) is 113 cm³/mol. The molecule has 0 aliphatic heterocycles. The maximum Gasteiger partial charge on any atom is 0.268 e. The fraction of sp³-hybridized carbons (Fsp3) is 0.100. The van der Waals surface area contributed by atoms with Crippen LogP contribution in [0.5, 0.6) is 0 Å². The van der Waals surface area contributed by atoms with E-state index in [0.717, 1.165) is 5.56 Å². The number of rotatable bonds is 4. The maximum atomic E-state index is 13.4. The van der Waals surface area contributed by atoms with Crippen LogP contribution in [0.3, 0.4) is 0 Å². The molecule has 0 saturated carbocycles. The molecule has 2 aromatic carbocycles. The highest BCUT2D eigenvalue weighted by Crippen LogP contribution is 2.36. The Hall–Kier alpha value is -2.45. The Morgan fingerprint density at radius 1 is 1.10 bits per heavy atom. The summed E-state index contributed by atoms with van der Waals surface area (Å²) in [5.74, 6) is 0. The lowest BCUT2D eigenvalue weighted by Gasteiger charge is -2.08. The molecule has 2 heterocycles. The lowest BCUT2D eigenvalue weighted by Crippen LogP contribution is -2.12. The molecule has 9 heteroatoms. The van der Waals surface area contributed by atoms with Gasteiger partial charge in [0.15, 0.2) is 0 Å². The zero-order chi connectivity index (χ0) is 20.8. The number of benzene rings is 2. The molecule has 0 aliphatic rings. The summed E-state index contributed by atoms with van der Waals surface area (Å²) in [7, 11) is -3.90. The molecule has 0 saturated heterocycles. The van der Waals surface area contributed by atoms with E-state index in [0.29, 0.717) is 27.7 Å². The molecule has 4 aromatic rings. The summed E-state index contributed by atoms with van der Waals surface area (Å²) < 4.78 is 27.9. The minimum absolute atomic E-state index is 0.00123. The van der Waals surface area contributed by atoms with Crippen molar-refractivity contribution in [3.8, 4) is 11.3 Å². The lowest BCUT2D eigenvalue weighted by atomic mass is 10.1. The summed E-state index contributed by atoms with van der Waals surface area (Å²) in [4.78, 5) is 8.17. The molecule has 0 fully saturated rings. The van der Waals surface area contributed by atoms with Crippen LogP contribution in [0.15, 0.2) is 59.8 Å². The number of halogens is 2. The smallest absolute Gasteiger partial charge is 0.268 e. The third-order valence-electron chi connectivity index (χ3n) is 4.57. The Morgan fingerprint density at radius 2 is 1.83 bits per heavy atom. The first-order valence-corrected chi connectivity index (χ1v) is 10.8. The van der Waals surface area contributed by atoms with Crippen LogP contribution in [0.4, 0.5) is 0 Å². The Balaban J connectivity index is 2.04. The van der Waals surface area contributed by atoms with Crippen LogP contribution in [0, 0.1) is 6.92 Å². The number of aliphatic hydroxyl groups is 1. The van der Waals surface area contributed by atoms with Gasteiger partial charge in [0, 0.05) is 17.1 Å². The highest BCUT2D eigenvalue weighted by molar-refractivity contribution is 7.90. The summed E-state index contributed by atoms with van der Waals surface area (Å²) in [6.07, 6.45) is 2.83. The Morgan fingerprint density at radius 3 is 2.52 bits per heavy atom. The second-order valence-electron chi connectivity index (χ2n) is 6.50. The van der Waals surface area contributed by atoms with E-state index in [4.69, 9.17) is 23.2 Å². The normalized spacial score (nSPS) is 11.9. The van der Waals surface area contributed by atoms with Gasteiger partial charge in [0.2, 0.25) is 5.28 Å². The standard InChI is InChI=1S/C20H15Cl2N3O3S/c1-12-2-5-14(6-3-12)29(27,28)25-10-16(19-17(21)9-23-20(22)24-19)15-7-4-13(11-26)8-18(15)25/h2-10,26H,11H2,1H3.